The van der Waals surface area contributed by atoms with Crippen LogP contribution in [-0.2, 0) is 16.1 Å². The molecule has 35 heavy (non-hydrogen) atoms. The Morgan fingerprint density at radius 2 is 1.77 bits per heavy atom. The van der Waals surface area contributed by atoms with Gasteiger partial charge in [0.05, 0.1) is 25.8 Å². The molecule has 3 heterocycles. The number of hydrogen-bond donors (Lipinski definition) is 1. The molecule has 0 bridgehead atoms. The summed E-state index contributed by atoms with van der Waals surface area (Å²) in [5.74, 6) is 1.04. The van der Waals surface area contributed by atoms with Gasteiger partial charge in [-0.3, -0.25) is 14.4 Å². The number of esters is 1. The molecule has 8 heteroatoms. The zero-order valence-electron chi connectivity index (χ0n) is 20.1. The number of thiophene rings is 1. The number of aryl methyl sites for hydroxylation is 2. The molecule has 0 amide bonds. The SMILES string of the molecule is COC(=O)C[C@@H]1N=C(c2ccc(-c3ccccc3CO)cc2)c2c(sc(C)c2C)-n2c(C)nnc21. The third-order valence-corrected chi connectivity index (χ3v) is 7.68. The van der Waals surface area contributed by atoms with E-state index in [0.29, 0.717) is 5.82 Å². The van der Waals surface area contributed by atoms with Crippen molar-refractivity contribution >= 4 is 23.0 Å². The van der Waals surface area contributed by atoms with Crippen LogP contribution in [0.25, 0.3) is 16.1 Å². The maximum absolute atomic E-state index is 12.3. The third-order valence-electron chi connectivity index (χ3n) is 6.48. The number of carbonyl (C=O) groups excluding carboxylic acids is 1. The molecule has 178 valence electrons. The van der Waals surface area contributed by atoms with Gasteiger partial charge in [0.15, 0.2) is 5.82 Å². The van der Waals surface area contributed by atoms with E-state index >= 15 is 0 Å². The molecular weight excluding hydrogens is 460 g/mol. The van der Waals surface area contributed by atoms with Gasteiger partial charge in [0, 0.05) is 16.0 Å². The first kappa shape index (κ1) is 23.1. The number of fused-ring (bicyclic) bond motifs is 3. The van der Waals surface area contributed by atoms with Crippen LogP contribution in [0, 0.1) is 20.8 Å². The molecule has 1 atom stereocenters. The molecule has 0 unspecified atom stereocenters. The molecule has 4 aromatic rings. The van der Waals surface area contributed by atoms with Crippen molar-refractivity contribution in [3.63, 3.8) is 0 Å². The fraction of sp³-hybridized carbons (Fsp3) is 0.259. The van der Waals surface area contributed by atoms with Crippen LogP contribution in [-0.4, -0.2) is 38.7 Å². The lowest BCUT2D eigenvalue weighted by Crippen LogP contribution is -2.12. The quantitative estimate of drug-likeness (QED) is 0.407. The molecule has 0 saturated carbocycles. The van der Waals surface area contributed by atoms with E-state index < -0.39 is 6.04 Å². The summed E-state index contributed by atoms with van der Waals surface area (Å²) in [5, 5.41) is 19.5. The first-order valence-corrected chi connectivity index (χ1v) is 12.2. The summed E-state index contributed by atoms with van der Waals surface area (Å²) in [5.41, 5.74) is 6.85. The average Bonchev–Trinajstić information content (AvgIpc) is 3.36. The van der Waals surface area contributed by atoms with Crippen LogP contribution in [0.3, 0.4) is 0 Å². The van der Waals surface area contributed by atoms with Crippen molar-refractivity contribution in [2.24, 2.45) is 4.99 Å². The van der Waals surface area contributed by atoms with E-state index in [2.05, 4.69) is 24.0 Å². The van der Waals surface area contributed by atoms with Crippen LogP contribution in [0.15, 0.2) is 53.5 Å². The highest BCUT2D eigenvalue weighted by Gasteiger charge is 2.32. The average molecular weight is 487 g/mol. The molecule has 0 aliphatic carbocycles. The van der Waals surface area contributed by atoms with Gasteiger partial charge in [-0.25, -0.2) is 0 Å². The van der Waals surface area contributed by atoms with Crippen molar-refractivity contribution in [2.45, 2.75) is 39.8 Å². The van der Waals surface area contributed by atoms with E-state index in [1.165, 1.54) is 12.0 Å². The molecule has 1 aliphatic heterocycles. The number of aromatic nitrogens is 3. The van der Waals surface area contributed by atoms with Gasteiger partial charge in [0.2, 0.25) is 0 Å². The number of benzene rings is 2. The van der Waals surface area contributed by atoms with E-state index in [0.717, 1.165) is 49.9 Å². The number of aliphatic hydroxyl groups is 1. The topological polar surface area (TPSA) is 89.6 Å². The lowest BCUT2D eigenvalue weighted by atomic mass is 9.95. The summed E-state index contributed by atoms with van der Waals surface area (Å²) < 4.78 is 6.98. The molecule has 0 spiro atoms. The Hall–Kier alpha value is -3.62. The molecule has 2 aromatic heterocycles. The van der Waals surface area contributed by atoms with Crippen LogP contribution in [0.5, 0.6) is 0 Å². The predicted octanol–water partition coefficient (Wildman–Crippen LogP) is 4.87. The van der Waals surface area contributed by atoms with Gasteiger partial charge in [-0.1, -0.05) is 48.5 Å². The fourth-order valence-electron chi connectivity index (χ4n) is 4.51. The number of carbonyl (C=O) groups is 1. The number of aliphatic hydroxyl groups excluding tert-OH is 1. The number of ether oxygens (including phenoxy) is 1. The van der Waals surface area contributed by atoms with Crippen molar-refractivity contribution in [3.05, 3.63) is 87.3 Å². The van der Waals surface area contributed by atoms with Gasteiger partial charge in [-0.2, -0.15) is 0 Å². The molecule has 1 aliphatic rings. The van der Waals surface area contributed by atoms with Gasteiger partial charge < -0.3 is 9.84 Å². The summed E-state index contributed by atoms with van der Waals surface area (Å²) in [6.07, 6.45) is 0.0765. The van der Waals surface area contributed by atoms with E-state index in [-0.39, 0.29) is 19.0 Å². The second-order valence-electron chi connectivity index (χ2n) is 8.57. The highest BCUT2D eigenvalue weighted by molar-refractivity contribution is 7.15. The maximum Gasteiger partial charge on any atom is 0.308 e. The van der Waals surface area contributed by atoms with Crippen LogP contribution >= 0.6 is 11.3 Å². The number of methoxy groups -OCH3 is 1. The molecule has 5 rings (SSSR count). The van der Waals surface area contributed by atoms with E-state index in [4.69, 9.17) is 9.73 Å². The maximum atomic E-state index is 12.3. The Bertz CT molecular complexity index is 1450. The number of aliphatic imine (C=N–C) groups is 1. The number of nitrogens with zero attached hydrogens (tertiary/aromatic N) is 4. The number of hydrogen-bond acceptors (Lipinski definition) is 7. The molecule has 1 N–H and O–H groups in total. The highest BCUT2D eigenvalue weighted by atomic mass is 32.1. The van der Waals surface area contributed by atoms with Crippen molar-refractivity contribution in [3.8, 4) is 16.1 Å². The lowest BCUT2D eigenvalue weighted by molar-refractivity contribution is -0.141. The van der Waals surface area contributed by atoms with Crippen molar-refractivity contribution < 1.29 is 14.6 Å². The molecule has 0 saturated heterocycles. The predicted molar refractivity (Wildman–Crippen MR) is 136 cm³/mol. The normalized spacial score (nSPS) is 14.7. The van der Waals surface area contributed by atoms with Gasteiger partial charge in [-0.05, 0) is 43.0 Å². The zero-order valence-corrected chi connectivity index (χ0v) is 20.9. The Morgan fingerprint density at radius 3 is 2.49 bits per heavy atom. The second kappa shape index (κ2) is 9.20. The Kier molecular flexibility index (Phi) is 6.08. The zero-order chi connectivity index (χ0) is 24.7. The summed E-state index contributed by atoms with van der Waals surface area (Å²) in [6.45, 7) is 6.10. The van der Waals surface area contributed by atoms with Crippen LogP contribution < -0.4 is 0 Å². The highest BCUT2D eigenvalue weighted by Crippen LogP contribution is 2.39. The Labute approximate surface area is 207 Å². The third kappa shape index (κ3) is 3.98. The molecule has 0 radical (unpaired) electrons. The first-order valence-electron chi connectivity index (χ1n) is 11.4. The Balaban J connectivity index is 1.68. The standard InChI is InChI=1S/C27H26N4O3S/c1-15-16(2)35-27-24(15)25(28-22(13-23(33)34-4)26-30-29-17(3)31(26)27)19-11-9-18(10-12-19)21-8-6-5-7-20(21)14-32/h5-12,22,32H,13-14H2,1-4H3/t22-/m0/s1. The molecule has 0 fully saturated rings. The van der Waals surface area contributed by atoms with Gasteiger partial charge >= 0.3 is 5.97 Å². The first-order chi connectivity index (χ1) is 16.9. The minimum atomic E-state index is -0.521. The monoisotopic (exact) mass is 486 g/mol. The minimum Gasteiger partial charge on any atom is -0.469 e. The van der Waals surface area contributed by atoms with Gasteiger partial charge in [-0.15, -0.1) is 21.5 Å². The molecule has 7 nitrogen and oxygen atoms in total. The largest absolute Gasteiger partial charge is 0.469 e. The summed E-state index contributed by atoms with van der Waals surface area (Å²) in [4.78, 5) is 18.6. The van der Waals surface area contributed by atoms with Gasteiger partial charge in [0.1, 0.15) is 16.9 Å². The van der Waals surface area contributed by atoms with Crippen LogP contribution in [0.4, 0.5) is 0 Å². The van der Waals surface area contributed by atoms with Crippen LogP contribution in [0.2, 0.25) is 0 Å². The van der Waals surface area contributed by atoms with Gasteiger partial charge in [0.25, 0.3) is 0 Å². The van der Waals surface area contributed by atoms with E-state index in [1.807, 2.05) is 60.0 Å². The summed E-state index contributed by atoms with van der Waals surface area (Å²) in [7, 11) is 1.38. The molecular formula is C27H26N4O3S. The van der Waals surface area contributed by atoms with Crippen molar-refractivity contribution in [1.82, 2.24) is 14.8 Å². The number of rotatable bonds is 5. The second-order valence-corrected chi connectivity index (χ2v) is 9.77. The Morgan fingerprint density at radius 1 is 1.06 bits per heavy atom. The van der Waals surface area contributed by atoms with Crippen molar-refractivity contribution in [1.29, 1.82) is 0 Å². The summed E-state index contributed by atoms with van der Waals surface area (Å²) >= 11 is 1.68. The van der Waals surface area contributed by atoms with E-state index in [1.54, 1.807) is 11.3 Å². The smallest absolute Gasteiger partial charge is 0.308 e. The van der Waals surface area contributed by atoms with Crippen molar-refractivity contribution in [2.75, 3.05) is 7.11 Å². The molecule has 2 aromatic carbocycles. The van der Waals surface area contributed by atoms with Crippen LogP contribution in [0.1, 0.15) is 51.2 Å². The lowest BCUT2D eigenvalue weighted by Gasteiger charge is -2.13. The minimum absolute atomic E-state index is 0.0184. The summed E-state index contributed by atoms with van der Waals surface area (Å²) in [6, 6.07) is 15.5. The van der Waals surface area contributed by atoms with E-state index in [9.17, 15) is 9.90 Å². The fourth-order valence-corrected chi connectivity index (χ4v) is 5.73.